The summed E-state index contributed by atoms with van der Waals surface area (Å²) in [5.41, 5.74) is 0.113. The van der Waals surface area contributed by atoms with Gasteiger partial charge in [-0.15, -0.1) is 0 Å². The average Bonchev–Trinajstić information content (AvgIpc) is 2.53. The number of hydrogen-bond acceptors (Lipinski definition) is 3. The summed E-state index contributed by atoms with van der Waals surface area (Å²) in [5, 5.41) is 0. The van der Waals surface area contributed by atoms with Crippen molar-refractivity contribution >= 4 is 11.8 Å². The third kappa shape index (κ3) is 3.06. The van der Waals surface area contributed by atoms with Crippen molar-refractivity contribution in [3.05, 3.63) is 0 Å². The molecule has 3 nitrogen and oxygen atoms in total. The first-order chi connectivity index (χ1) is 7.25. The maximum atomic E-state index is 11.5. The summed E-state index contributed by atoms with van der Waals surface area (Å²) >= 11 is 0. The lowest BCUT2D eigenvalue weighted by Crippen LogP contribution is -2.12. The molecule has 0 spiro atoms. The number of carbonyl (C=O) groups excluding carboxylic acids is 2. The Balaban J connectivity index is 2.44. The molecule has 0 saturated heterocycles. The van der Waals surface area contributed by atoms with Crippen LogP contribution < -0.4 is 0 Å². The second-order valence-corrected chi connectivity index (χ2v) is 5.68. The van der Waals surface area contributed by atoms with Crippen LogP contribution in [0.15, 0.2) is 0 Å². The topological polar surface area (TPSA) is 43.4 Å². The van der Waals surface area contributed by atoms with Gasteiger partial charge in [-0.2, -0.15) is 0 Å². The molecule has 0 aliphatic heterocycles. The highest BCUT2D eigenvalue weighted by Crippen LogP contribution is 2.61. The fourth-order valence-electron chi connectivity index (χ4n) is 2.47. The summed E-state index contributed by atoms with van der Waals surface area (Å²) in [4.78, 5) is 22.6. The summed E-state index contributed by atoms with van der Waals surface area (Å²) in [7, 11) is 0. The monoisotopic (exact) mass is 226 g/mol. The highest BCUT2D eigenvalue weighted by molar-refractivity contribution is 5.77. The summed E-state index contributed by atoms with van der Waals surface area (Å²) in [6.07, 6.45) is 0.982. The predicted molar refractivity (Wildman–Crippen MR) is 61.9 cm³/mol. The second-order valence-electron chi connectivity index (χ2n) is 5.68. The van der Waals surface area contributed by atoms with E-state index in [9.17, 15) is 9.59 Å². The second kappa shape index (κ2) is 4.56. The van der Waals surface area contributed by atoms with Gasteiger partial charge in [0.15, 0.2) is 0 Å². The Morgan fingerprint density at radius 2 is 1.69 bits per heavy atom. The molecule has 0 radical (unpaired) electrons. The molecule has 0 amide bonds. The van der Waals surface area contributed by atoms with Gasteiger partial charge in [0.1, 0.15) is 5.78 Å². The van der Waals surface area contributed by atoms with Gasteiger partial charge in [-0.1, -0.05) is 13.8 Å². The summed E-state index contributed by atoms with van der Waals surface area (Å²) in [5.74, 6) is 0.726. The van der Waals surface area contributed by atoms with Crippen LogP contribution in [0.5, 0.6) is 0 Å². The SMILES string of the molecule is CC(=O)C[C@H]1[C@@H](CC(=O)OC(C)C)C1(C)C. The van der Waals surface area contributed by atoms with Crippen molar-refractivity contribution in [2.75, 3.05) is 0 Å². The Bertz CT molecular complexity index is 292. The maximum absolute atomic E-state index is 11.5. The van der Waals surface area contributed by atoms with E-state index in [4.69, 9.17) is 4.74 Å². The minimum absolute atomic E-state index is 0.0550. The quantitative estimate of drug-likeness (QED) is 0.677. The Kier molecular flexibility index (Phi) is 3.76. The van der Waals surface area contributed by atoms with Crippen LogP contribution in [0.3, 0.4) is 0 Å². The molecule has 16 heavy (non-hydrogen) atoms. The van der Waals surface area contributed by atoms with E-state index in [-0.39, 0.29) is 23.3 Å². The first-order valence-corrected chi connectivity index (χ1v) is 5.94. The average molecular weight is 226 g/mol. The van der Waals surface area contributed by atoms with E-state index >= 15 is 0 Å². The molecular formula is C13H22O3. The number of hydrogen-bond donors (Lipinski definition) is 0. The lowest BCUT2D eigenvalue weighted by molar-refractivity contribution is -0.148. The number of rotatable bonds is 5. The van der Waals surface area contributed by atoms with Gasteiger partial charge in [-0.3, -0.25) is 4.79 Å². The van der Waals surface area contributed by atoms with Crippen LogP contribution in [0.1, 0.15) is 47.5 Å². The molecule has 1 fully saturated rings. The van der Waals surface area contributed by atoms with Crippen LogP contribution in [0, 0.1) is 17.3 Å². The number of ketones is 1. The first kappa shape index (κ1) is 13.2. The fourth-order valence-corrected chi connectivity index (χ4v) is 2.47. The van der Waals surface area contributed by atoms with E-state index in [0.717, 1.165) is 0 Å². The van der Waals surface area contributed by atoms with Gasteiger partial charge in [0.25, 0.3) is 0 Å². The van der Waals surface area contributed by atoms with Crippen molar-refractivity contribution in [2.45, 2.75) is 53.6 Å². The van der Waals surface area contributed by atoms with Gasteiger partial charge in [0.2, 0.25) is 0 Å². The predicted octanol–water partition coefficient (Wildman–Crippen LogP) is 2.58. The van der Waals surface area contributed by atoms with Crippen molar-refractivity contribution in [3.8, 4) is 0 Å². The summed E-state index contributed by atoms with van der Waals surface area (Å²) in [6, 6.07) is 0. The molecule has 1 aliphatic rings. The molecule has 0 unspecified atom stereocenters. The third-order valence-corrected chi connectivity index (χ3v) is 3.55. The zero-order valence-corrected chi connectivity index (χ0v) is 10.9. The molecule has 3 heteroatoms. The van der Waals surface area contributed by atoms with E-state index in [1.54, 1.807) is 6.92 Å². The van der Waals surface area contributed by atoms with Crippen LogP contribution in [-0.2, 0) is 14.3 Å². The van der Waals surface area contributed by atoms with E-state index in [1.807, 2.05) is 13.8 Å². The molecule has 2 atom stereocenters. The Morgan fingerprint density at radius 1 is 1.19 bits per heavy atom. The Morgan fingerprint density at radius 3 is 2.12 bits per heavy atom. The van der Waals surface area contributed by atoms with Gasteiger partial charge in [-0.05, 0) is 38.0 Å². The molecule has 0 bridgehead atoms. The minimum atomic E-state index is -0.140. The van der Waals surface area contributed by atoms with Gasteiger partial charge < -0.3 is 9.53 Å². The molecular weight excluding hydrogens is 204 g/mol. The smallest absolute Gasteiger partial charge is 0.306 e. The van der Waals surface area contributed by atoms with Crippen molar-refractivity contribution in [1.29, 1.82) is 0 Å². The van der Waals surface area contributed by atoms with Crippen LogP contribution in [-0.4, -0.2) is 17.9 Å². The van der Waals surface area contributed by atoms with Crippen LogP contribution >= 0.6 is 0 Å². The first-order valence-electron chi connectivity index (χ1n) is 5.94. The lowest BCUT2D eigenvalue weighted by Gasteiger charge is -2.08. The van der Waals surface area contributed by atoms with Crippen LogP contribution in [0.4, 0.5) is 0 Å². The van der Waals surface area contributed by atoms with Gasteiger partial charge in [0, 0.05) is 12.8 Å². The van der Waals surface area contributed by atoms with Crippen molar-refractivity contribution in [1.82, 2.24) is 0 Å². The van der Waals surface area contributed by atoms with Gasteiger partial charge >= 0.3 is 5.97 Å². The normalized spacial score (nSPS) is 26.6. The molecule has 0 aromatic carbocycles. The minimum Gasteiger partial charge on any atom is -0.463 e. The largest absolute Gasteiger partial charge is 0.463 e. The molecule has 92 valence electrons. The van der Waals surface area contributed by atoms with Crippen LogP contribution in [0.2, 0.25) is 0 Å². The fraction of sp³-hybridized carbons (Fsp3) is 0.846. The molecule has 0 aromatic heterocycles. The molecule has 0 N–H and O–H groups in total. The Labute approximate surface area is 97.5 Å². The number of carbonyl (C=O) groups is 2. The zero-order valence-electron chi connectivity index (χ0n) is 10.9. The number of Topliss-reactive ketones (excluding diaryl/α,β-unsaturated/α-hetero) is 1. The third-order valence-electron chi connectivity index (χ3n) is 3.55. The van der Waals surface area contributed by atoms with E-state index < -0.39 is 0 Å². The molecule has 0 heterocycles. The Hall–Kier alpha value is -0.860. The van der Waals surface area contributed by atoms with E-state index in [1.165, 1.54) is 0 Å². The maximum Gasteiger partial charge on any atom is 0.306 e. The van der Waals surface area contributed by atoms with Gasteiger partial charge in [-0.25, -0.2) is 0 Å². The molecule has 1 saturated carbocycles. The molecule has 1 rings (SSSR count). The number of esters is 1. The zero-order chi connectivity index (χ0) is 12.5. The van der Waals surface area contributed by atoms with Gasteiger partial charge in [0.05, 0.1) is 6.10 Å². The van der Waals surface area contributed by atoms with E-state index in [2.05, 4.69) is 13.8 Å². The number of ether oxygens (including phenoxy) is 1. The highest BCUT2D eigenvalue weighted by Gasteiger charge is 2.58. The molecule has 1 aliphatic carbocycles. The van der Waals surface area contributed by atoms with Crippen molar-refractivity contribution in [3.63, 3.8) is 0 Å². The summed E-state index contributed by atoms with van der Waals surface area (Å²) in [6.45, 7) is 9.55. The summed E-state index contributed by atoms with van der Waals surface area (Å²) < 4.78 is 5.12. The molecule has 0 aromatic rings. The van der Waals surface area contributed by atoms with Crippen LogP contribution in [0.25, 0.3) is 0 Å². The van der Waals surface area contributed by atoms with Crippen molar-refractivity contribution in [2.24, 2.45) is 17.3 Å². The highest BCUT2D eigenvalue weighted by atomic mass is 16.5. The standard InChI is InChI=1S/C13H22O3/c1-8(2)16-12(15)7-11-10(6-9(3)14)13(11,4)5/h8,10-11H,6-7H2,1-5H3/t10-,11+/m0/s1. The van der Waals surface area contributed by atoms with Crippen molar-refractivity contribution < 1.29 is 14.3 Å². The lowest BCUT2D eigenvalue weighted by atomic mass is 10.1. The van der Waals surface area contributed by atoms with E-state index in [0.29, 0.717) is 24.7 Å².